The van der Waals surface area contributed by atoms with Crippen molar-refractivity contribution in [3.8, 4) is 0 Å². The molecule has 2 nitrogen and oxygen atoms in total. The number of halogens is 2. The fraction of sp³-hybridized carbons (Fsp3) is 0.533. The lowest BCUT2D eigenvalue weighted by Gasteiger charge is -2.30. The Hall–Kier alpha value is -0.730. The Morgan fingerprint density at radius 3 is 2.26 bits per heavy atom. The van der Waals surface area contributed by atoms with Crippen LogP contribution >= 0.6 is 23.2 Å². The van der Waals surface area contributed by atoms with Crippen LogP contribution in [0.3, 0.4) is 0 Å². The molecule has 19 heavy (non-hydrogen) atoms. The van der Waals surface area contributed by atoms with Gasteiger partial charge in [-0.1, -0.05) is 30.3 Å². The second-order valence-electron chi connectivity index (χ2n) is 5.73. The van der Waals surface area contributed by atoms with Crippen molar-refractivity contribution in [1.82, 2.24) is 4.90 Å². The fourth-order valence-corrected chi connectivity index (χ4v) is 2.91. The Morgan fingerprint density at radius 2 is 1.84 bits per heavy atom. The Labute approximate surface area is 124 Å². The van der Waals surface area contributed by atoms with Gasteiger partial charge in [-0.15, -0.1) is 23.2 Å². The van der Waals surface area contributed by atoms with Gasteiger partial charge in [-0.25, -0.2) is 0 Å². The summed E-state index contributed by atoms with van der Waals surface area (Å²) < 4.78 is -0.909. The highest BCUT2D eigenvalue weighted by Gasteiger charge is 2.68. The molecule has 1 amide bonds. The normalized spacial score (nSPS) is 24.3. The summed E-state index contributed by atoms with van der Waals surface area (Å²) >= 11 is 12.2. The van der Waals surface area contributed by atoms with Crippen LogP contribution in [0.25, 0.3) is 0 Å². The van der Waals surface area contributed by atoms with Crippen molar-refractivity contribution in [2.24, 2.45) is 5.41 Å². The molecule has 0 aliphatic heterocycles. The molecular weight excluding hydrogens is 281 g/mol. The monoisotopic (exact) mass is 299 g/mol. The van der Waals surface area contributed by atoms with E-state index in [1.54, 1.807) is 0 Å². The predicted octanol–water partition coefficient (Wildman–Crippen LogP) is 4.01. The lowest BCUT2D eigenvalue weighted by Crippen LogP contribution is -2.42. The van der Waals surface area contributed by atoms with Crippen LogP contribution in [0, 0.1) is 5.41 Å². The second kappa shape index (κ2) is 4.99. The lowest BCUT2D eigenvalue weighted by atomic mass is 10.1. The van der Waals surface area contributed by atoms with Gasteiger partial charge in [0, 0.05) is 12.6 Å². The van der Waals surface area contributed by atoms with Crippen molar-refractivity contribution in [1.29, 1.82) is 0 Å². The molecule has 1 aromatic rings. The van der Waals surface area contributed by atoms with Crippen LogP contribution in [0.5, 0.6) is 0 Å². The van der Waals surface area contributed by atoms with E-state index < -0.39 is 9.75 Å². The van der Waals surface area contributed by atoms with Crippen molar-refractivity contribution in [3.63, 3.8) is 0 Å². The molecule has 0 saturated heterocycles. The highest BCUT2D eigenvalue weighted by Crippen LogP contribution is 2.64. The first kappa shape index (κ1) is 14.7. The number of hydrogen-bond acceptors (Lipinski definition) is 1. The number of amides is 1. The molecule has 0 heterocycles. The SMILES string of the molecule is CC(C)N(Cc1ccccc1)C(=O)C1(C)CC1(Cl)Cl. The molecule has 0 bridgehead atoms. The topological polar surface area (TPSA) is 20.3 Å². The first-order valence-electron chi connectivity index (χ1n) is 6.51. The van der Waals surface area contributed by atoms with Crippen LogP contribution in [-0.2, 0) is 11.3 Å². The summed E-state index contributed by atoms with van der Waals surface area (Å²) in [7, 11) is 0. The van der Waals surface area contributed by atoms with E-state index in [0.717, 1.165) is 5.56 Å². The number of alkyl halides is 2. The van der Waals surface area contributed by atoms with Gasteiger partial charge < -0.3 is 4.90 Å². The maximum Gasteiger partial charge on any atom is 0.232 e. The molecule has 2 rings (SSSR count). The Bertz CT molecular complexity index is 472. The van der Waals surface area contributed by atoms with Gasteiger partial charge in [0.1, 0.15) is 4.33 Å². The quantitative estimate of drug-likeness (QED) is 0.769. The van der Waals surface area contributed by atoms with Crippen molar-refractivity contribution >= 4 is 29.1 Å². The highest BCUT2D eigenvalue weighted by molar-refractivity contribution is 6.53. The van der Waals surface area contributed by atoms with E-state index in [-0.39, 0.29) is 11.9 Å². The first-order valence-corrected chi connectivity index (χ1v) is 7.26. The fourth-order valence-electron chi connectivity index (χ4n) is 2.22. The van der Waals surface area contributed by atoms with Gasteiger partial charge in [0.05, 0.1) is 5.41 Å². The third-order valence-electron chi connectivity index (χ3n) is 3.81. The van der Waals surface area contributed by atoms with Crippen molar-refractivity contribution < 1.29 is 4.79 Å². The zero-order chi connectivity index (χ0) is 14.3. The molecule has 1 atom stereocenters. The Kier molecular flexibility index (Phi) is 3.85. The average Bonchev–Trinajstić information content (AvgIpc) is 2.87. The van der Waals surface area contributed by atoms with E-state index in [1.807, 2.05) is 56.0 Å². The molecule has 0 spiro atoms. The zero-order valence-corrected chi connectivity index (χ0v) is 13.0. The average molecular weight is 300 g/mol. The molecule has 0 aromatic heterocycles. The van der Waals surface area contributed by atoms with Gasteiger partial charge in [-0.3, -0.25) is 4.79 Å². The van der Waals surface area contributed by atoms with E-state index in [9.17, 15) is 4.79 Å². The van der Waals surface area contributed by atoms with Crippen molar-refractivity contribution in [2.45, 2.75) is 44.1 Å². The summed E-state index contributed by atoms with van der Waals surface area (Å²) in [5.41, 5.74) is 0.471. The van der Waals surface area contributed by atoms with Gasteiger partial charge in [0.25, 0.3) is 0 Å². The molecular formula is C15H19Cl2NO. The second-order valence-corrected chi connectivity index (χ2v) is 7.21. The van der Waals surface area contributed by atoms with Crippen molar-refractivity contribution in [2.75, 3.05) is 0 Å². The Morgan fingerprint density at radius 1 is 1.32 bits per heavy atom. The molecule has 1 aliphatic rings. The van der Waals surface area contributed by atoms with Gasteiger partial charge in [-0.2, -0.15) is 0 Å². The maximum absolute atomic E-state index is 12.6. The van der Waals surface area contributed by atoms with Crippen LogP contribution in [0.4, 0.5) is 0 Å². The summed E-state index contributed by atoms with van der Waals surface area (Å²) in [6.07, 6.45) is 0.528. The number of nitrogens with zero attached hydrogens (tertiary/aromatic N) is 1. The van der Waals surface area contributed by atoms with Crippen LogP contribution in [-0.4, -0.2) is 21.2 Å². The number of carbonyl (C=O) groups is 1. The molecule has 1 unspecified atom stereocenters. The highest BCUT2D eigenvalue weighted by atomic mass is 35.5. The first-order chi connectivity index (χ1) is 8.78. The molecule has 1 aliphatic carbocycles. The van der Waals surface area contributed by atoms with Crippen molar-refractivity contribution in [3.05, 3.63) is 35.9 Å². The summed E-state index contributed by atoms with van der Waals surface area (Å²) in [5, 5.41) is 0. The van der Waals surface area contributed by atoms with Gasteiger partial charge in [0.2, 0.25) is 5.91 Å². The summed E-state index contributed by atoms with van der Waals surface area (Å²) in [5.74, 6) is 0.0383. The van der Waals surface area contributed by atoms with E-state index in [1.165, 1.54) is 0 Å². The molecule has 4 heteroatoms. The van der Waals surface area contributed by atoms with Gasteiger partial charge in [-0.05, 0) is 32.8 Å². The standard InChI is InChI=1S/C15H19Cl2NO/c1-11(2)18(9-12-7-5-4-6-8-12)13(19)14(3)10-15(14,16)17/h4-8,11H,9-10H2,1-3H3. The number of carbonyl (C=O) groups excluding carboxylic acids is 1. The van der Waals surface area contributed by atoms with E-state index in [2.05, 4.69) is 0 Å². The summed E-state index contributed by atoms with van der Waals surface area (Å²) in [4.78, 5) is 14.5. The molecule has 1 saturated carbocycles. The van der Waals surface area contributed by atoms with E-state index in [4.69, 9.17) is 23.2 Å². The zero-order valence-electron chi connectivity index (χ0n) is 11.5. The van der Waals surface area contributed by atoms with E-state index >= 15 is 0 Å². The summed E-state index contributed by atoms with van der Waals surface area (Å²) in [6.45, 7) is 6.46. The smallest absolute Gasteiger partial charge is 0.232 e. The number of hydrogen-bond donors (Lipinski definition) is 0. The van der Waals surface area contributed by atoms with Crippen LogP contribution in [0.15, 0.2) is 30.3 Å². The van der Waals surface area contributed by atoms with Crippen LogP contribution in [0.2, 0.25) is 0 Å². The maximum atomic E-state index is 12.6. The number of benzene rings is 1. The Balaban J connectivity index is 2.16. The van der Waals surface area contributed by atoms with Gasteiger partial charge >= 0.3 is 0 Å². The lowest BCUT2D eigenvalue weighted by molar-refractivity contribution is -0.138. The molecule has 0 N–H and O–H groups in total. The number of rotatable bonds is 4. The predicted molar refractivity (Wildman–Crippen MR) is 79.3 cm³/mol. The molecule has 1 aromatic carbocycles. The minimum absolute atomic E-state index is 0.0383. The minimum Gasteiger partial charge on any atom is -0.335 e. The third kappa shape index (κ3) is 2.75. The minimum atomic E-state index is -0.909. The molecule has 0 radical (unpaired) electrons. The van der Waals surface area contributed by atoms with Crippen LogP contribution in [0.1, 0.15) is 32.8 Å². The largest absolute Gasteiger partial charge is 0.335 e. The van der Waals surface area contributed by atoms with E-state index in [0.29, 0.717) is 13.0 Å². The third-order valence-corrected chi connectivity index (χ3v) is 4.91. The molecule has 1 fully saturated rings. The summed E-state index contributed by atoms with van der Waals surface area (Å²) in [6, 6.07) is 10.1. The van der Waals surface area contributed by atoms with Crippen LogP contribution < -0.4 is 0 Å². The van der Waals surface area contributed by atoms with Gasteiger partial charge in [0.15, 0.2) is 0 Å². The molecule has 104 valence electrons.